The van der Waals surface area contributed by atoms with Crippen LogP contribution in [0, 0.1) is 41.5 Å². The molecule has 0 aliphatic rings. The Kier molecular flexibility index (Phi) is 13.2. The fraction of sp³-hybridized carbons (Fsp3) is 0.318. The van der Waals surface area contributed by atoms with Gasteiger partial charge in [-0.1, -0.05) is 51.0 Å². The van der Waals surface area contributed by atoms with Crippen molar-refractivity contribution in [1.29, 1.82) is 0 Å². The average Bonchev–Trinajstić information content (AvgIpc) is 3.12. The molecule has 8 heteroatoms. The van der Waals surface area contributed by atoms with Crippen LogP contribution in [0.4, 0.5) is 45.5 Å². The first-order valence-corrected chi connectivity index (χ1v) is 18.3. The molecule has 0 N–H and O–H groups in total. The van der Waals surface area contributed by atoms with Crippen LogP contribution in [0.5, 0.6) is 0 Å². The molecule has 8 nitrogen and oxygen atoms in total. The topological polar surface area (TPSA) is 98.9 Å². The van der Waals surface area contributed by atoms with Crippen molar-refractivity contribution < 1.29 is 0 Å². The van der Waals surface area contributed by atoms with Crippen LogP contribution < -0.4 is 0 Å². The second-order valence-corrected chi connectivity index (χ2v) is 13.6. The fourth-order valence-corrected chi connectivity index (χ4v) is 6.10. The summed E-state index contributed by atoms with van der Waals surface area (Å²) in [4.78, 5) is 0. The van der Waals surface area contributed by atoms with E-state index in [1.165, 1.54) is 36.8 Å². The van der Waals surface area contributed by atoms with Crippen molar-refractivity contribution in [1.82, 2.24) is 0 Å². The summed E-state index contributed by atoms with van der Waals surface area (Å²) in [7, 11) is 0. The molecule has 0 radical (unpaired) electrons. The highest BCUT2D eigenvalue weighted by atomic mass is 15.1. The van der Waals surface area contributed by atoms with Crippen LogP contribution in [0.3, 0.4) is 0 Å². The van der Waals surface area contributed by atoms with Gasteiger partial charge in [-0.3, -0.25) is 0 Å². The normalized spacial score (nSPS) is 12.0. The third-order valence-electron chi connectivity index (χ3n) is 9.02. The summed E-state index contributed by atoms with van der Waals surface area (Å²) in [5.41, 5.74) is 15.1. The minimum absolute atomic E-state index is 0.757. The van der Waals surface area contributed by atoms with Crippen molar-refractivity contribution in [2.45, 2.75) is 93.9 Å². The van der Waals surface area contributed by atoms with Crippen LogP contribution >= 0.6 is 0 Å². The van der Waals surface area contributed by atoms with Gasteiger partial charge in [-0.05, 0) is 172 Å². The molecule has 0 aromatic heterocycles. The van der Waals surface area contributed by atoms with Crippen LogP contribution in [-0.4, -0.2) is 0 Å². The second-order valence-electron chi connectivity index (χ2n) is 13.6. The van der Waals surface area contributed by atoms with Gasteiger partial charge in [-0.2, -0.15) is 40.9 Å². The maximum atomic E-state index is 4.64. The third-order valence-corrected chi connectivity index (χ3v) is 9.02. The molecule has 0 saturated carbocycles. The van der Waals surface area contributed by atoms with Gasteiger partial charge in [0.05, 0.1) is 45.5 Å². The average molecular weight is 691 g/mol. The van der Waals surface area contributed by atoms with Crippen molar-refractivity contribution >= 4 is 45.5 Å². The Bertz CT molecular complexity index is 2040. The van der Waals surface area contributed by atoms with Gasteiger partial charge < -0.3 is 0 Å². The highest BCUT2D eigenvalue weighted by Crippen LogP contribution is 2.35. The van der Waals surface area contributed by atoms with Crippen molar-refractivity contribution in [2.24, 2.45) is 40.9 Å². The number of hydrogen-bond acceptors (Lipinski definition) is 8. The Hall–Kier alpha value is -5.50. The van der Waals surface area contributed by atoms with Crippen molar-refractivity contribution in [2.75, 3.05) is 0 Å². The van der Waals surface area contributed by atoms with E-state index in [4.69, 9.17) is 0 Å². The molecule has 0 amide bonds. The Morgan fingerprint density at radius 1 is 0.327 bits per heavy atom. The smallest absolute Gasteiger partial charge is 0.0916 e. The molecule has 0 atom stereocenters. The molecule has 0 heterocycles. The zero-order valence-corrected chi connectivity index (χ0v) is 31.9. The quantitative estimate of drug-likeness (QED) is 0.104. The fourth-order valence-electron chi connectivity index (χ4n) is 6.10. The van der Waals surface area contributed by atoms with E-state index in [2.05, 4.69) is 79.0 Å². The largest absolute Gasteiger partial charge is 0.151 e. The number of benzene rings is 5. The van der Waals surface area contributed by atoms with Crippen LogP contribution in [0.1, 0.15) is 84.0 Å². The first kappa shape index (κ1) is 37.7. The molecular formula is C44H50N8. The van der Waals surface area contributed by atoms with E-state index in [1.54, 1.807) is 0 Å². The molecule has 0 unspecified atom stereocenters. The van der Waals surface area contributed by atoms with Gasteiger partial charge in [-0.15, -0.1) is 0 Å². The first-order chi connectivity index (χ1) is 25.1. The maximum Gasteiger partial charge on any atom is 0.0916 e. The highest BCUT2D eigenvalue weighted by molar-refractivity contribution is 5.62. The Labute approximate surface area is 309 Å². The lowest BCUT2D eigenvalue weighted by Gasteiger charge is -2.07. The number of aryl methyl sites for hydroxylation is 8. The predicted molar refractivity (Wildman–Crippen MR) is 215 cm³/mol. The van der Waals surface area contributed by atoms with Crippen LogP contribution in [-0.2, 0) is 12.8 Å². The molecular weight excluding hydrogens is 641 g/mol. The second kappa shape index (κ2) is 18.1. The molecule has 266 valence electrons. The van der Waals surface area contributed by atoms with Gasteiger partial charge in [0.2, 0.25) is 0 Å². The van der Waals surface area contributed by atoms with E-state index in [0.717, 1.165) is 91.7 Å². The minimum Gasteiger partial charge on any atom is -0.151 e. The summed E-state index contributed by atoms with van der Waals surface area (Å²) in [6.07, 6.45) is 6.96. The SMILES string of the molecule is CCCCc1ccc(N=Nc2c(C)cc(N=Nc3cc(C)c(N=Nc4cc(C)c(N=Nc5ccc(CCCC)cc5)c(C)c4)c(C)c3)cc2C)cc1. The van der Waals surface area contributed by atoms with Gasteiger partial charge in [-0.25, -0.2) is 0 Å². The first-order valence-electron chi connectivity index (χ1n) is 18.3. The molecule has 0 bridgehead atoms. The molecule has 0 fully saturated rings. The van der Waals surface area contributed by atoms with Crippen molar-refractivity contribution in [3.05, 3.63) is 129 Å². The minimum atomic E-state index is 0.757. The van der Waals surface area contributed by atoms with E-state index in [1.807, 2.05) is 102 Å². The number of azo groups is 4. The number of rotatable bonds is 14. The van der Waals surface area contributed by atoms with Gasteiger partial charge in [0, 0.05) is 0 Å². The summed E-state index contributed by atoms with van der Waals surface area (Å²) < 4.78 is 0. The monoisotopic (exact) mass is 690 g/mol. The maximum absolute atomic E-state index is 4.64. The lowest BCUT2D eigenvalue weighted by Crippen LogP contribution is -1.83. The van der Waals surface area contributed by atoms with Crippen LogP contribution in [0.2, 0.25) is 0 Å². The van der Waals surface area contributed by atoms with Gasteiger partial charge in [0.1, 0.15) is 0 Å². The Balaban J connectivity index is 1.24. The Morgan fingerprint density at radius 2 is 0.577 bits per heavy atom. The third kappa shape index (κ3) is 10.3. The standard InChI is InChI=1S/C44H50N8/c1-9-11-13-35-15-19-37(20-16-35)45-50-42-29(3)23-39(24-30(42)4)47-48-40-25-31(5)44(32(6)26-40)52-49-41-27-33(7)43(34(8)28-41)51-46-38-21-17-36(18-22-38)14-12-10-2/h15-28H,9-14H2,1-8H3. The van der Waals surface area contributed by atoms with Crippen molar-refractivity contribution in [3.63, 3.8) is 0 Å². The van der Waals surface area contributed by atoms with E-state index in [9.17, 15) is 0 Å². The molecule has 5 aromatic rings. The summed E-state index contributed by atoms with van der Waals surface area (Å²) in [5.74, 6) is 0. The van der Waals surface area contributed by atoms with Crippen LogP contribution in [0.25, 0.3) is 0 Å². The number of unbranched alkanes of at least 4 members (excludes halogenated alkanes) is 2. The predicted octanol–water partition coefficient (Wildman–Crippen LogP) is 15.9. The molecule has 5 aromatic carbocycles. The van der Waals surface area contributed by atoms with Gasteiger partial charge in [0.25, 0.3) is 0 Å². The van der Waals surface area contributed by atoms with Gasteiger partial charge >= 0.3 is 0 Å². The van der Waals surface area contributed by atoms with E-state index in [0.29, 0.717) is 0 Å². The molecule has 0 saturated heterocycles. The summed E-state index contributed by atoms with van der Waals surface area (Å²) in [6.45, 7) is 16.6. The van der Waals surface area contributed by atoms with Gasteiger partial charge in [0.15, 0.2) is 0 Å². The molecule has 5 rings (SSSR count). The highest BCUT2D eigenvalue weighted by Gasteiger charge is 2.09. The summed E-state index contributed by atoms with van der Waals surface area (Å²) in [5, 5.41) is 36.5. The van der Waals surface area contributed by atoms with E-state index < -0.39 is 0 Å². The zero-order valence-electron chi connectivity index (χ0n) is 31.9. The summed E-state index contributed by atoms with van der Waals surface area (Å²) >= 11 is 0. The summed E-state index contributed by atoms with van der Waals surface area (Å²) in [6, 6.07) is 28.6. The molecule has 0 aliphatic heterocycles. The lowest BCUT2D eigenvalue weighted by molar-refractivity contribution is 0.795. The number of nitrogens with zero attached hydrogens (tertiary/aromatic N) is 8. The Morgan fingerprint density at radius 3 is 0.846 bits per heavy atom. The van der Waals surface area contributed by atoms with Crippen molar-refractivity contribution in [3.8, 4) is 0 Å². The zero-order chi connectivity index (χ0) is 37.0. The molecule has 0 spiro atoms. The van der Waals surface area contributed by atoms with E-state index in [-0.39, 0.29) is 0 Å². The van der Waals surface area contributed by atoms with E-state index >= 15 is 0 Å². The molecule has 52 heavy (non-hydrogen) atoms. The molecule has 0 aliphatic carbocycles. The lowest BCUT2D eigenvalue weighted by atomic mass is 10.1. The van der Waals surface area contributed by atoms with Crippen LogP contribution in [0.15, 0.2) is 126 Å². The number of hydrogen-bond donors (Lipinski definition) is 0.